The van der Waals surface area contributed by atoms with E-state index in [0.717, 1.165) is 50.7 Å². The zero-order valence-corrected chi connectivity index (χ0v) is 47.6. The minimum Gasteiger partial charge on any atom is -0.397 e. The van der Waals surface area contributed by atoms with Gasteiger partial charge in [-0.05, 0) is 40.2 Å². The smallest absolute Gasteiger partial charge is 0.389 e. The summed E-state index contributed by atoms with van der Waals surface area (Å²) in [7, 11) is 1.37. The molecule has 0 unspecified atom stereocenters. The number of para-hydroxylation sites is 1. The SMILES string of the molecule is [B][P@]1(=O)OC[C@H]2O[C@@H](n3cnc4c(N)ccnc43)[C@H](F)[C@@H]2O[P@](=O)(SCc2ccc(COCCOCCOCCn3nnc4c3-c3ccccc3N(C(=O)CC)Cc3ccccc3-4)cc2)OC[C@H]2O[C@@H](n3cnc4c(N)ncnc43)[C@H](F)[C@@H]2O1. The number of carbonyl (C=O) groups is 1. The van der Waals surface area contributed by atoms with E-state index >= 15 is 13.3 Å². The molecule has 9 heterocycles. The van der Waals surface area contributed by atoms with Crippen molar-refractivity contribution in [3.05, 3.63) is 121 Å². The van der Waals surface area contributed by atoms with Gasteiger partial charge in [0.25, 0.3) is 7.47 Å². The molecule has 3 saturated heterocycles. The Hall–Kier alpha value is -6.59. The molecule has 5 aromatic heterocycles. The number of hydrogen-bond acceptors (Lipinski definition) is 22. The molecule has 84 heavy (non-hydrogen) atoms. The number of benzene rings is 3. The highest BCUT2D eigenvalue weighted by atomic mass is 32.7. The number of rotatable bonds is 17. The van der Waals surface area contributed by atoms with Gasteiger partial charge in [0.05, 0.1) is 95.7 Å². The quantitative estimate of drug-likeness (QED) is 0.0507. The van der Waals surface area contributed by atoms with Crippen LogP contribution < -0.4 is 16.4 Å². The molecule has 4 aliphatic heterocycles. The van der Waals surface area contributed by atoms with Crippen LogP contribution in [0.3, 0.4) is 0 Å². The summed E-state index contributed by atoms with van der Waals surface area (Å²) in [4.78, 5) is 36.0. The average molecular weight is 1210 g/mol. The Morgan fingerprint density at radius 3 is 2.14 bits per heavy atom. The highest BCUT2D eigenvalue weighted by Crippen LogP contribution is 2.65. The number of fused-ring (bicyclic) bond motifs is 9. The van der Waals surface area contributed by atoms with Crippen LogP contribution in [0, 0.1) is 0 Å². The Labute approximate surface area is 484 Å². The summed E-state index contributed by atoms with van der Waals surface area (Å²) in [5.41, 5.74) is 19.8. The number of imidazole rings is 2. The molecule has 0 spiro atoms. The van der Waals surface area contributed by atoms with Crippen LogP contribution in [0.1, 0.15) is 42.5 Å². The lowest BCUT2D eigenvalue weighted by Gasteiger charge is -2.30. The van der Waals surface area contributed by atoms with Crippen LogP contribution in [0.5, 0.6) is 0 Å². The zero-order valence-electron chi connectivity index (χ0n) is 45.0. The number of pyridine rings is 1. The summed E-state index contributed by atoms with van der Waals surface area (Å²) in [6.07, 6.45) is -8.03. The molecule has 3 aromatic carbocycles. The molecule has 10 atom stereocenters. The maximum absolute atomic E-state index is 17.0. The molecule has 0 saturated carbocycles. The Kier molecular flexibility index (Phi) is 17.1. The van der Waals surface area contributed by atoms with Crippen molar-refractivity contribution in [3.8, 4) is 22.5 Å². The first-order chi connectivity index (χ1) is 40.8. The summed E-state index contributed by atoms with van der Waals surface area (Å²) in [6, 6.07) is 24.6. The van der Waals surface area contributed by atoms with E-state index in [1.54, 1.807) is 12.1 Å². The fourth-order valence-electron chi connectivity index (χ4n) is 10.4. The van der Waals surface area contributed by atoms with Gasteiger partial charge in [0.15, 0.2) is 41.9 Å². The minimum absolute atomic E-state index is 0.0211. The van der Waals surface area contributed by atoms with E-state index in [1.807, 2.05) is 77.2 Å². The molecule has 0 bridgehead atoms. The molecule has 12 rings (SSSR count). The van der Waals surface area contributed by atoms with Gasteiger partial charge in [-0.15, -0.1) is 5.10 Å². The number of nitrogen functional groups attached to an aromatic ring is 2. The van der Waals surface area contributed by atoms with E-state index in [9.17, 15) is 9.36 Å². The van der Waals surface area contributed by atoms with Gasteiger partial charge < -0.3 is 49.1 Å². The predicted molar refractivity (Wildman–Crippen MR) is 303 cm³/mol. The number of ether oxygens (including phenoxy) is 5. The van der Waals surface area contributed by atoms with Crippen molar-refractivity contribution in [2.75, 3.05) is 62.6 Å². The fraction of sp³-hybridized carbons (Fsp3) is 0.396. The lowest BCUT2D eigenvalue weighted by Crippen LogP contribution is -2.37. The van der Waals surface area contributed by atoms with E-state index in [2.05, 4.69) is 35.2 Å². The van der Waals surface area contributed by atoms with Gasteiger partial charge in [0.2, 0.25) is 13.5 Å². The first-order valence-corrected chi connectivity index (χ1v) is 31.6. The number of anilines is 3. The summed E-state index contributed by atoms with van der Waals surface area (Å²) < 4.78 is 120. The van der Waals surface area contributed by atoms with Crippen molar-refractivity contribution in [1.29, 1.82) is 0 Å². The number of carbonyl (C=O) groups excluding carboxylic acids is 1. The lowest BCUT2D eigenvalue weighted by molar-refractivity contribution is -0.118. The summed E-state index contributed by atoms with van der Waals surface area (Å²) in [5, 5.41) is 9.14. The second-order valence-corrected chi connectivity index (χ2v) is 25.5. The molecule has 25 nitrogen and oxygen atoms in total. The average Bonchev–Trinajstić information content (AvgIpc) is 2.24. The zero-order chi connectivity index (χ0) is 58.1. The maximum Gasteiger partial charge on any atom is 0.389 e. The highest BCUT2D eigenvalue weighted by molar-refractivity contribution is 8.54. The Morgan fingerprint density at radius 1 is 0.750 bits per heavy atom. The maximum atomic E-state index is 17.0. The molecule has 4 N–H and O–H groups in total. The van der Waals surface area contributed by atoms with Crippen molar-refractivity contribution >= 4 is 78.6 Å². The van der Waals surface area contributed by atoms with Crippen molar-refractivity contribution in [3.63, 3.8) is 0 Å². The number of aromatic nitrogens is 10. The molecule has 3 fully saturated rings. The topological polar surface area (TPSA) is 295 Å². The van der Waals surface area contributed by atoms with Gasteiger partial charge in [-0.3, -0.25) is 27.5 Å². The van der Waals surface area contributed by atoms with Crippen molar-refractivity contribution in [2.45, 2.75) is 88.0 Å². The number of nitrogens with two attached hydrogens (primary N) is 2. The third-order valence-corrected chi connectivity index (χ3v) is 19.3. The second-order valence-electron chi connectivity index (χ2n) is 19.9. The predicted octanol–water partition coefficient (Wildman–Crippen LogP) is 7.47. The van der Waals surface area contributed by atoms with E-state index in [1.165, 1.54) is 40.4 Å². The first-order valence-electron chi connectivity index (χ1n) is 26.9. The van der Waals surface area contributed by atoms with Crippen LogP contribution in [0.15, 0.2) is 104 Å². The van der Waals surface area contributed by atoms with Gasteiger partial charge in [-0.25, -0.2) is 42.9 Å². The summed E-state index contributed by atoms with van der Waals surface area (Å²) >= 11 is 0.745. The van der Waals surface area contributed by atoms with Crippen molar-refractivity contribution in [1.82, 2.24) is 49.0 Å². The van der Waals surface area contributed by atoms with Crippen LogP contribution in [-0.2, 0) is 81.2 Å². The second kappa shape index (κ2) is 24.8. The standard InChI is InChI=1S/C53H56BF2N13O12P2S/c1-2-40(70)66-23-33-7-3-4-8-34(33)43-46(35-9-5-6-10-37(35)66)69(65-64-43)17-18-73-19-20-74-21-22-75-24-31-11-13-32(14-12-31)27-84-83(72)77-26-39-47(41(55)52(79-39)68-30-63-45-49(58)60-28-61-51(45)68)80-82(54,71)76-25-38-48(81-83)42(56)53(78-38)67-29-62-44-36(57)15-16-59-50(44)67/h3-16,28-30,38-39,41-42,47-48,52-53H,2,17-27H2,1H3,(H2,57,59)(H2,58,60,61)/t38-,39-,41-,42-,47-,48-,52-,53-,82+,83-/m1/s1. The van der Waals surface area contributed by atoms with E-state index in [0.29, 0.717) is 58.1 Å². The van der Waals surface area contributed by atoms with Crippen molar-refractivity contribution in [2.24, 2.45) is 0 Å². The highest BCUT2D eigenvalue weighted by Gasteiger charge is 2.55. The van der Waals surface area contributed by atoms with Crippen LogP contribution in [-0.4, -0.2) is 146 Å². The lowest BCUT2D eigenvalue weighted by atomic mass is 9.95. The largest absolute Gasteiger partial charge is 0.397 e. The van der Waals surface area contributed by atoms with Gasteiger partial charge >= 0.3 is 6.80 Å². The van der Waals surface area contributed by atoms with Crippen LogP contribution in [0.4, 0.5) is 26.0 Å². The number of nitrogens with zero attached hydrogens (tertiary/aromatic N) is 11. The number of alkyl halides is 2. The molecule has 438 valence electrons. The summed E-state index contributed by atoms with van der Waals surface area (Å²) in [6.45, 7) is -1.31. The van der Waals surface area contributed by atoms with E-state index < -0.39 is 76.7 Å². The van der Waals surface area contributed by atoms with Crippen LogP contribution in [0.25, 0.3) is 44.8 Å². The van der Waals surface area contributed by atoms with Gasteiger partial charge in [0, 0.05) is 29.5 Å². The Bertz CT molecular complexity index is 3780. The summed E-state index contributed by atoms with van der Waals surface area (Å²) in [5.74, 6) is 0.0808. The monoisotopic (exact) mass is 1210 g/mol. The van der Waals surface area contributed by atoms with Gasteiger partial charge in [-0.1, -0.05) is 78.9 Å². The fourth-order valence-corrected chi connectivity index (χ4v) is 14.8. The molecule has 4 aliphatic rings. The Balaban J connectivity index is 0.658. The van der Waals surface area contributed by atoms with E-state index in [4.69, 9.17) is 60.8 Å². The van der Waals surface area contributed by atoms with Crippen LogP contribution >= 0.6 is 25.7 Å². The van der Waals surface area contributed by atoms with Gasteiger partial charge in [0.1, 0.15) is 47.5 Å². The molecular formula is C53H56BF2N13O12P2S. The van der Waals surface area contributed by atoms with Gasteiger partial charge in [-0.2, -0.15) is 0 Å². The molecule has 0 aliphatic carbocycles. The molecular weight excluding hydrogens is 1150 g/mol. The number of hydrogen-bond donors (Lipinski definition) is 2. The molecule has 8 aromatic rings. The molecule has 31 heteroatoms. The van der Waals surface area contributed by atoms with Crippen molar-refractivity contribution < 1.29 is 64.5 Å². The molecule has 1 amide bonds. The van der Waals surface area contributed by atoms with Crippen LogP contribution in [0.2, 0.25) is 0 Å². The third kappa shape index (κ3) is 11.9. The normalized spacial score (nSPS) is 26.1. The Morgan fingerprint density at radius 2 is 1.39 bits per heavy atom. The number of amides is 1. The molecule has 2 radical (unpaired) electrons. The number of halogens is 2. The van der Waals surface area contributed by atoms with E-state index in [-0.39, 0.29) is 52.1 Å². The third-order valence-electron chi connectivity index (χ3n) is 14.6. The minimum atomic E-state index is -4.69. The first kappa shape index (κ1) is 57.8.